The van der Waals surface area contributed by atoms with Crippen LogP contribution in [0, 0.1) is 0 Å². The number of rotatable bonds is 6. The average Bonchev–Trinajstić information content (AvgIpc) is 3.32. The summed E-state index contributed by atoms with van der Waals surface area (Å²) in [4.78, 5) is 7.10. The lowest BCUT2D eigenvalue weighted by Crippen LogP contribution is -2.34. The lowest BCUT2D eigenvalue weighted by atomic mass is 10.1. The number of methoxy groups -OCH3 is 1. The van der Waals surface area contributed by atoms with Crippen molar-refractivity contribution in [1.82, 2.24) is 15.0 Å². The second-order valence-electron chi connectivity index (χ2n) is 6.59. The normalized spacial score (nSPS) is 17.7. The van der Waals surface area contributed by atoms with Crippen LogP contribution in [-0.2, 0) is 0 Å². The molecule has 1 fully saturated rings. The van der Waals surface area contributed by atoms with Crippen molar-refractivity contribution >= 4 is 16.9 Å². The van der Waals surface area contributed by atoms with Crippen molar-refractivity contribution in [2.75, 3.05) is 32.1 Å². The Hall–Kier alpha value is -2.60. The van der Waals surface area contributed by atoms with Crippen molar-refractivity contribution in [3.8, 4) is 17.0 Å². The summed E-state index contributed by atoms with van der Waals surface area (Å²) >= 11 is 0. The molecule has 1 unspecified atom stereocenters. The van der Waals surface area contributed by atoms with Crippen LogP contribution < -0.4 is 10.1 Å². The molecule has 0 aliphatic carbocycles. The summed E-state index contributed by atoms with van der Waals surface area (Å²) < 4.78 is 10.9. The van der Waals surface area contributed by atoms with E-state index in [0.717, 1.165) is 41.3 Å². The van der Waals surface area contributed by atoms with Gasteiger partial charge in [0, 0.05) is 18.2 Å². The van der Waals surface area contributed by atoms with Crippen LogP contribution in [0.3, 0.4) is 0 Å². The van der Waals surface area contributed by atoms with Crippen LogP contribution in [0.5, 0.6) is 5.75 Å². The van der Waals surface area contributed by atoms with Gasteiger partial charge in [-0.2, -0.15) is 4.98 Å². The third kappa shape index (κ3) is 3.12. The highest BCUT2D eigenvalue weighted by atomic mass is 16.5. The smallest absolute Gasteiger partial charge is 0.260 e. The number of anilines is 1. The first-order valence-electron chi connectivity index (χ1n) is 9.18. The van der Waals surface area contributed by atoms with Crippen LogP contribution in [-0.4, -0.2) is 47.8 Å². The first kappa shape index (κ1) is 16.8. The highest BCUT2D eigenvalue weighted by Crippen LogP contribution is 2.34. The molecule has 0 bridgehead atoms. The predicted molar refractivity (Wildman–Crippen MR) is 103 cm³/mol. The number of aromatic nitrogens is 2. The van der Waals surface area contributed by atoms with E-state index in [2.05, 4.69) is 27.3 Å². The van der Waals surface area contributed by atoms with Gasteiger partial charge in [0.2, 0.25) is 0 Å². The molecule has 6 heteroatoms. The maximum atomic E-state index is 5.49. The SMILES string of the molecule is CCN1CCCC1CNc1ccc2c(-c3ccccc3OC)noc2n1. The molecule has 3 heterocycles. The Labute approximate surface area is 153 Å². The molecule has 1 N–H and O–H groups in total. The second-order valence-corrected chi connectivity index (χ2v) is 6.59. The number of nitrogens with one attached hydrogen (secondary N) is 1. The molecular formula is C20H24N4O2. The van der Waals surface area contributed by atoms with Gasteiger partial charge in [0.25, 0.3) is 5.71 Å². The summed E-state index contributed by atoms with van der Waals surface area (Å²) in [6.45, 7) is 5.42. The number of pyridine rings is 1. The quantitative estimate of drug-likeness (QED) is 0.728. The van der Waals surface area contributed by atoms with E-state index in [-0.39, 0.29) is 0 Å². The zero-order valence-corrected chi connectivity index (χ0v) is 15.2. The molecule has 0 saturated carbocycles. The summed E-state index contributed by atoms with van der Waals surface area (Å²) in [6.07, 6.45) is 2.51. The average molecular weight is 352 g/mol. The molecule has 0 spiro atoms. The Balaban J connectivity index is 1.56. The molecule has 1 atom stereocenters. The zero-order chi connectivity index (χ0) is 17.9. The van der Waals surface area contributed by atoms with Crippen LogP contribution in [0.25, 0.3) is 22.4 Å². The number of fused-ring (bicyclic) bond motifs is 1. The van der Waals surface area contributed by atoms with Crippen molar-refractivity contribution in [3.63, 3.8) is 0 Å². The number of benzene rings is 1. The summed E-state index contributed by atoms with van der Waals surface area (Å²) in [7, 11) is 1.66. The van der Waals surface area contributed by atoms with E-state index >= 15 is 0 Å². The lowest BCUT2D eigenvalue weighted by molar-refractivity contribution is 0.277. The van der Waals surface area contributed by atoms with E-state index in [4.69, 9.17) is 9.26 Å². The molecule has 0 radical (unpaired) electrons. The Morgan fingerprint density at radius 2 is 2.15 bits per heavy atom. The van der Waals surface area contributed by atoms with Gasteiger partial charge in [-0.3, -0.25) is 4.90 Å². The molecule has 136 valence electrons. The van der Waals surface area contributed by atoms with E-state index in [1.54, 1.807) is 7.11 Å². The summed E-state index contributed by atoms with van der Waals surface area (Å²) in [6, 6.07) is 12.4. The topological polar surface area (TPSA) is 63.4 Å². The van der Waals surface area contributed by atoms with Crippen molar-refractivity contribution in [2.45, 2.75) is 25.8 Å². The molecule has 1 aromatic carbocycles. The van der Waals surface area contributed by atoms with Crippen molar-refractivity contribution < 1.29 is 9.26 Å². The summed E-state index contributed by atoms with van der Waals surface area (Å²) in [5.41, 5.74) is 2.19. The minimum atomic E-state index is 0.537. The molecule has 1 aliphatic heterocycles. The van der Waals surface area contributed by atoms with Crippen molar-refractivity contribution in [1.29, 1.82) is 0 Å². The number of nitrogens with zero attached hydrogens (tertiary/aromatic N) is 3. The van der Waals surface area contributed by atoms with E-state index < -0.39 is 0 Å². The van der Waals surface area contributed by atoms with Gasteiger partial charge in [-0.1, -0.05) is 24.2 Å². The van der Waals surface area contributed by atoms with Gasteiger partial charge >= 0.3 is 0 Å². The van der Waals surface area contributed by atoms with Gasteiger partial charge in [0.1, 0.15) is 17.3 Å². The van der Waals surface area contributed by atoms with E-state index in [1.165, 1.54) is 19.4 Å². The third-order valence-corrected chi connectivity index (χ3v) is 5.12. The maximum absolute atomic E-state index is 5.49. The molecular weight excluding hydrogens is 328 g/mol. The van der Waals surface area contributed by atoms with Crippen molar-refractivity contribution in [2.24, 2.45) is 0 Å². The van der Waals surface area contributed by atoms with E-state index in [9.17, 15) is 0 Å². The van der Waals surface area contributed by atoms with Gasteiger partial charge in [0.15, 0.2) is 0 Å². The fourth-order valence-corrected chi connectivity index (χ4v) is 3.73. The molecule has 1 saturated heterocycles. The van der Waals surface area contributed by atoms with Gasteiger partial charge < -0.3 is 14.6 Å². The predicted octanol–water partition coefficient (Wildman–Crippen LogP) is 3.79. The molecule has 1 aliphatic rings. The van der Waals surface area contributed by atoms with Gasteiger partial charge in [-0.15, -0.1) is 0 Å². The van der Waals surface area contributed by atoms with Gasteiger partial charge in [0.05, 0.1) is 12.5 Å². The Morgan fingerprint density at radius 3 is 3.00 bits per heavy atom. The fourth-order valence-electron chi connectivity index (χ4n) is 3.73. The minimum absolute atomic E-state index is 0.537. The number of hydrogen-bond donors (Lipinski definition) is 1. The maximum Gasteiger partial charge on any atom is 0.260 e. The largest absolute Gasteiger partial charge is 0.496 e. The first-order chi connectivity index (χ1) is 12.8. The van der Waals surface area contributed by atoms with E-state index in [0.29, 0.717) is 11.8 Å². The number of ether oxygens (including phenoxy) is 1. The van der Waals surface area contributed by atoms with Gasteiger partial charge in [-0.25, -0.2) is 0 Å². The van der Waals surface area contributed by atoms with Crippen LogP contribution >= 0.6 is 0 Å². The third-order valence-electron chi connectivity index (χ3n) is 5.12. The summed E-state index contributed by atoms with van der Waals surface area (Å²) in [5.74, 6) is 1.59. The number of para-hydroxylation sites is 1. The second kappa shape index (κ2) is 7.33. The van der Waals surface area contributed by atoms with E-state index in [1.807, 2.05) is 36.4 Å². The standard InChI is InChI=1S/C20H24N4O2/c1-3-24-12-6-7-14(24)13-21-18-11-10-16-19(23-26-20(16)22-18)15-8-4-5-9-17(15)25-2/h4-5,8-11,14H,3,6-7,12-13H2,1-2H3,(H,21,22). The molecule has 4 rings (SSSR count). The van der Waals surface area contributed by atoms with Crippen LogP contribution in [0.2, 0.25) is 0 Å². The zero-order valence-electron chi connectivity index (χ0n) is 15.2. The minimum Gasteiger partial charge on any atom is -0.496 e. The van der Waals surface area contributed by atoms with Gasteiger partial charge in [-0.05, 0) is 50.2 Å². The fraction of sp³-hybridized carbons (Fsp3) is 0.400. The van der Waals surface area contributed by atoms with Crippen LogP contribution in [0.1, 0.15) is 19.8 Å². The molecule has 6 nitrogen and oxygen atoms in total. The Kier molecular flexibility index (Phi) is 4.75. The number of likely N-dealkylation sites (N-methyl/N-ethyl adjacent to an activating group) is 1. The number of likely N-dealkylation sites (tertiary alicyclic amines) is 1. The van der Waals surface area contributed by atoms with Crippen molar-refractivity contribution in [3.05, 3.63) is 36.4 Å². The monoisotopic (exact) mass is 352 g/mol. The van der Waals surface area contributed by atoms with Crippen LogP contribution in [0.15, 0.2) is 40.9 Å². The highest BCUT2D eigenvalue weighted by Gasteiger charge is 2.22. The molecule has 3 aromatic rings. The highest BCUT2D eigenvalue weighted by molar-refractivity contribution is 5.92. The summed E-state index contributed by atoms with van der Waals surface area (Å²) in [5, 5.41) is 8.56. The Bertz CT molecular complexity index is 892. The number of hydrogen-bond acceptors (Lipinski definition) is 6. The Morgan fingerprint density at radius 1 is 1.27 bits per heavy atom. The van der Waals surface area contributed by atoms with Crippen LogP contribution in [0.4, 0.5) is 5.82 Å². The lowest BCUT2D eigenvalue weighted by Gasteiger charge is -2.23. The first-order valence-corrected chi connectivity index (χ1v) is 9.18. The molecule has 0 amide bonds. The molecule has 26 heavy (non-hydrogen) atoms. The molecule has 2 aromatic heterocycles.